The molecule has 1 atom stereocenters. The number of hydrogen-bond acceptors (Lipinski definition) is 4. The Bertz CT molecular complexity index is 779. The molecule has 0 spiro atoms. The molecule has 0 saturated carbocycles. The Balaban J connectivity index is 1.84. The molecule has 0 bridgehead atoms. The van der Waals surface area contributed by atoms with E-state index in [9.17, 15) is 4.79 Å². The summed E-state index contributed by atoms with van der Waals surface area (Å²) >= 11 is 0. The number of nitrogens with zero attached hydrogens (tertiary/aromatic N) is 1. The van der Waals surface area contributed by atoms with Gasteiger partial charge < -0.3 is 19.7 Å². The summed E-state index contributed by atoms with van der Waals surface area (Å²) in [6, 6.07) is 15.7. The minimum atomic E-state index is -0.574. The summed E-state index contributed by atoms with van der Waals surface area (Å²) in [7, 11) is 4.02. The van der Waals surface area contributed by atoms with E-state index in [4.69, 9.17) is 9.47 Å². The normalized spacial score (nSPS) is 12.5. The maximum Gasteiger partial charge on any atom is 0.261 e. The molecule has 2 aromatic carbocycles. The van der Waals surface area contributed by atoms with Gasteiger partial charge in [-0.25, -0.2) is 0 Å². The van der Waals surface area contributed by atoms with Crippen LogP contribution in [0.25, 0.3) is 0 Å². The van der Waals surface area contributed by atoms with E-state index in [-0.39, 0.29) is 11.3 Å². The summed E-state index contributed by atoms with van der Waals surface area (Å²) in [4.78, 5) is 14.5. The Morgan fingerprint density at radius 1 is 1.07 bits per heavy atom. The quantitative estimate of drug-likeness (QED) is 0.693. The summed E-state index contributed by atoms with van der Waals surface area (Å²) in [5.74, 6) is 1.35. The van der Waals surface area contributed by atoms with E-state index in [1.54, 1.807) is 6.92 Å². The van der Waals surface area contributed by atoms with E-state index < -0.39 is 6.10 Å². The van der Waals surface area contributed by atoms with Gasteiger partial charge in [-0.15, -0.1) is 0 Å². The number of rotatable bonds is 9. The van der Waals surface area contributed by atoms with Crippen molar-refractivity contribution in [3.05, 3.63) is 59.7 Å². The lowest BCUT2D eigenvalue weighted by Gasteiger charge is -2.20. The lowest BCUT2D eigenvalue weighted by Crippen LogP contribution is -2.35. The van der Waals surface area contributed by atoms with Gasteiger partial charge in [-0.05, 0) is 61.8 Å². The molecule has 0 radical (unpaired) electrons. The lowest BCUT2D eigenvalue weighted by molar-refractivity contribution is -0.127. The molecule has 0 aliphatic rings. The van der Waals surface area contributed by atoms with Gasteiger partial charge in [0, 0.05) is 13.1 Å². The zero-order valence-electron chi connectivity index (χ0n) is 18.5. The second-order valence-corrected chi connectivity index (χ2v) is 8.55. The van der Waals surface area contributed by atoms with Gasteiger partial charge in [-0.1, -0.05) is 45.0 Å². The summed E-state index contributed by atoms with van der Waals surface area (Å²) < 4.78 is 11.5. The van der Waals surface area contributed by atoms with Crippen LogP contribution in [0.4, 0.5) is 0 Å². The third-order valence-electron chi connectivity index (χ3n) is 4.57. The minimum Gasteiger partial charge on any atom is -0.492 e. The van der Waals surface area contributed by atoms with Crippen molar-refractivity contribution in [1.82, 2.24) is 10.2 Å². The van der Waals surface area contributed by atoms with E-state index in [1.165, 1.54) is 5.56 Å². The van der Waals surface area contributed by atoms with Gasteiger partial charge in [0.15, 0.2) is 6.10 Å². The predicted molar refractivity (Wildman–Crippen MR) is 118 cm³/mol. The molecule has 0 heterocycles. The largest absolute Gasteiger partial charge is 0.492 e. The van der Waals surface area contributed by atoms with Crippen LogP contribution >= 0.6 is 0 Å². The van der Waals surface area contributed by atoms with E-state index in [2.05, 4.69) is 31.0 Å². The highest BCUT2D eigenvalue weighted by atomic mass is 16.5. The fourth-order valence-corrected chi connectivity index (χ4v) is 2.72. The SMILES string of the molecule is CC(Oc1ccc(C(C)(C)C)cc1)C(=O)NCc1cccc(OCCN(C)C)c1. The molecule has 2 rings (SSSR count). The van der Waals surface area contributed by atoms with Crippen LogP contribution in [-0.2, 0) is 16.8 Å². The third-order valence-corrected chi connectivity index (χ3v) is 4.57. The standard InChI is InChI=1S/C24H34N2O3/c1-18(29-21-12-10-20(11-13-21)24(2,3)4)23(27)25-17-19-8-7-9-22(16-19)28-15-14-26(5)6/h7-13,16,18H,14-15,17H2,1-6H3,(H,25,27). The van der Waals surface area contributed by atoms with Gasteiger partial charge in [0.25, 0.3) is 5.91 Å². The molecule has 1 unspecified atom stereocenters. The van der Waals surface area contributed by atoms with E-state index in [0.717, 1.165) is 17.9 Å². The first kappa shape index (κ1) is 22.8. The van der Waals surface area contributed by atoms with Gasteiger partial charge in [-0.3, -0.25) is 4.79 Å². The zero-order chi connectivity index (χ0) is 21.4. The van der Waals surface area contributed by atoms with Crippen LogP contribution in [0.2, 0.25) is 0 Å². The Morgan fingerprint density at radius 3 is 2.38 bits per heavy atom. The number of benzene rings is 2. The first-order chi connectivity index (χ1) is 13.6. The molecule has 29 heavy (non-hydrogen) atoms. The van der Waals surface area contributed by atoms with Gasteiger partial charge in [0.1, 0.15) is 18.1 Å². The molecule has 0 aromatic heterocycles. The Morgan fingerprint density at radius 2 is 1.76 bits per heavy atom. The topological polar surface area (TPSA) is 50.8 Å². The molecule has 5 nitrogen and oxygen atoms in total. The first-order valence-corrected chi connectivity index (χ1v) is 10.1. The van der Waals surface area contributed by atoms with Gasteiger partial charge in [-0.2, -0.15) is 0 Å². The molecule has 2 aromatic rings. The molecule has 0 saturated heterocycles. The Hall–Kier alpha value is -2.53. The highest BCUT2D eigenvalue weighted by Gasteiger charge is 2.16. The van der Waals surface area contributed by atoms with E-state index in [0.29, 0.717) is 18.9 Å². The second-order valence-electron chi connectivity index (χ2n) is 8.55. The summed E-state index contributed by atoms with van der Waals surface area (Å²) in [5, 5.41) is 2.93. The van der Waals surface area contributed by atoms with Crippen LogP contribution in [0, 0.1) is 0 Å². The number of amides is 1. The maximum atomic E-state index is 12.4. The molecule has 0 aliphatic heterocycles. The second kappa shape index (κ2) is 10.3. The highest BCUT2D eigenvalue weighted by Crippen LogP contribution is 2.24. The fraction of sp³-hybridized carbons (Fsp3) is 0.458. The van der Waals surface area contributed by atoms with Crippen molar-refractivity contribution in [1.29, 1.82) is 0 Å². The number of hydrogen-bond donors (Lipinski definition) is 1. The van der Waals surface area contributed by atoms with Crippen LogP contribution in [0.1, 0.15) is 38.8 Å². The smallest absolute Gasteiger partial charge is 0.261 e. The van der Waals surface area contributed by atoms with Crippen LogP contribution in [0.15, 0.2) is 48.5 Å². The van der Waals surface area contributed by atoms with E-state index >= 15 is 0 Å². The van der Waals surface area contributed by atoms with Crippen molar-refractivity contribution >= 4 is 5.91 Å². The molecular formula is C24H34N2O3. The van der Waals surface area contributed by atoms with Crippen molar-refractivity contribution in [2.45, 2.75) is 45.8 Å². The number of carbonyl (C=O) groups excluding carboxylic acids is 1. The highest BCUT2D eigenvalue weighted by molar-refractivity contribution is 5.80. The number of likely N-dealkylation sites (N-methyl/N-ethyl adjacent to an activating group) is 1. The third kappa shape index (κ3) is 7.78. The minimum absolute atomic E-state index is 0.0895. The van der Waals surface area contributed by atoms with Crippen molar-refractivity contribution in [2.75, 3.05) is 27.2 Å². The molecule has 5 heteroatoms. The van der Waals surface area contributed by atoms with Crippen molar-refractivity contribution < 1.29 is 14.3 Å². The van der Waals surface area contributed by atoms with Crippen LogP contribution in [-0.4, -0.2) is 44.2 Å². The van der Waals surface area contributed by atoms with Crippen molar-refractivity contribution in [2.24, 2.45) is 0 Å². The zero-order valence-corrected chi connectivity index (χ0v) is 18.5. The van der Waals surface area contributed by atoms with Gasteiger partial charge >= 0.3 is 0 Å². The Labute approximate surface area is 175 Å². The van der Waals surface area contributed by atoms with Crippen LogP contribution in [0.5, 0.6) is 11.5 Å². The molecule has 1 amide bonds. The molecule has 158 valence electrons. The van der Waals surface area contributed by atoms with Crippen molar-refractivity contribution in [3.63, 3.8) is 0 Å². The summed E-state index contributed by atoms with van der Waals surface area (Å²) in [5.41, 5.74) is 2.31. The summed E-state index contributed by atoms with van der Waals surface area (Å²) in [6.07, 6.45) is -0.574. The maximum absolute atomic E-state index is 12.4. The Kier molecular flexibility index (Phi) is 8.09. The van der Waals surface area contributed by atoms with Crippen molar-refractivity contribution in [3.8, 4) is 11.5 Å². The monoisotopic (exact) mass is 398 g/mol. The molecule has 0 aliphatic carbocycles. The lowest BCUT2D eigenvalue weighted by atomic mass is 9.87. The van der Waals surface area contributed by atoms with Crippen LogP contribution in [0.3, 0.4) is 0 Å². The molecule has 1 N–H and O–H groups in total. The predicted octanol–water partition coefficient (Wildman–Crippen LogP) is 4.01. The van der Waals surface area contributed by atoms with Gasteiger partial charge in [0.05, 0.1) is 0 Å². The number of ether oxygens (including phenoxy) is 2. The molecular weight excluding hydrogens is 364 g/mol. The summed E-state index contributed by atoms with van der Waals surface area (Å²) in [6.45, 7) is 10.2. The average molecular weight is 399 g/mol. The van der Waals surface area contributed by atoms with Gasteiger partial charge in [0.2, 0.25) is 0 Å². The first-order valence-electron chi connectivity index (χ1n) is 10.1. The number of carbonyl (C=O) groups is 1. The molecule has 0 fully saturated rings. The van der Waals surface area contributed by atoms with E-state index in [1.807, 2.05) is 62.6 Å². The fourth-order valence-electron chi connectivity index (χ4n) is 2.72. The van der Waals surface area contributed by atoms with Crippen LogP contribution < -0.4 is 14.8 Å². The number of nitrogens with one attached hydrogen (secondary N) is 1. The average Bonchev–Trinajstić information content (AvgIpc) is 2.66.